The van der Waals surface area contributed by atoms with Gasteiger partial charge in [-0.25, -0.2) is 0 Å². The molecule has 1 aromatic carbocycles. The van der Waals surface area contributed by atoms with Crippen LogP contribution in [-0.2, 0) is 10.3 Å². The zero-order chi connectivity index (χ0) is 11.1. The average Bonchev–Trinajstić information content (AvgIpc) is 2.98. The number of methoxy groups -OCH3 is 2. The lowest BCUT2D eigenvalue weighted by Crippen LogP contribution is -2.03. The van der Waals surface area contributed by atoms with Crippen molar-refractivity contribution in [3.63, 3.8) is 0 Å². The Kier molecular flexibility index (Phi) is 2.64. The van der Waals surface area contributed by atoms with Crippen molar-refractivity contribution < 1.29 is 14.2 Å². The van der Waals surface area contributed by atoms with Gasteiger partial charge in [0, 0.05) is 0 Å². The fourth-order valence-corrected chi connectivity index (χ4v) is 2.00. The highest BCUT2D eigenvalue weighted by Crippen LogP contribution is 2.44. The largest absolute Gasteiger partial charge is 0.495 e. The molecule has 82 valence electrons. The SMILES string of the molecule is COc1cc(C2(C)CO2)cc(OC)c1Br. The minimum absolute atomic E-state index is 0.165. The zero-order valence-corrected chi connectivity index (χ0v) is 10.6. The molecule has 0 saturated carbocycles. The van der Waals surface area contributed by atoms with Crippen LogP contribution in [0.25, 0.3) is 0 Å². The number of hydrogen-bond acceptors (Lipinski definition) is 3. The molecule has 15 heavy (non-hydrogen) atoms. The van der Waals surface area contributed by atoms with Crippen molar-refractivity contribution in [2.45, 2.75) is 12.5 Å². The minimum Gasteiger partial charge on any atom is -0.495 e. The Bertz CT molecular complexity index is 360. The summed E-state index contributed by atoms with van der Waals surface area (Å²) in [6, 6.07) is 3.94. The maximum absolute atomic E-state index is 5.39. The van der Waals surface area contributed by atoms with E-state index in [1.807, 2.05) is 12.1 Å². The Balaban J connectivity index is 2.49. The normalized spacial score (nSPS) is 23.7. The highest BCUT2D eigenvalue weighted by atomic mass is 79.9. The van der Waals surface area contributed by atoms with E-state index in [9.17, 15) is 0 Å². The summed E-state index contributed by atoms with van der Waals surface area (Å²) in [4.78, 5) is 0. The monoisotopic (exact) mass is 272 g/mol. The van der Waals surface area contributed by atoms with Gasteiger partial charge in [0.25, 0.3) is 0 Å². The smallest absolute Gasteiger partial charge is 0.137 e. The summed E-state index contributed by atoms with van der Waals surface area (Å²) in [5.41, 5.74) is 0.917. The lowest BCUT2D eigenvalue weighted by atomic mass is 10.0. The molecule has 3 nitrogen and oxygen atoms in total. The second kappa shape index (κ2) is 3.68. The third-order valence-electron chi connectivity index (χ3n) is 2.63. The number of epoxide rings is 1. The number of rotatable bonds is 3. The van der Waals surface area contributed by atoms with Gasteiger partial charge in [0.05, 0.1) is 20.8 Å². The third-order valence-corrected chi connectivity index (χ3v) is 3.42. The van der Waals surface area contributed by atoms with Crippen molar-refractivity contribution in [1.82, 2.24) is 0 Å². The van der Waals surface area contributed by atoms with Gasteiger partial charge in [-0.15, -0.1) is 0 Å². The number of halogens is 1. The van der Waals surface area contributed by atoms with Crippen molar-refractivity contribution in [2.24, 2.45) is 0 Å². The fourth-order valence-electron chi connectivity index (χ4n) is 1.45. The first-order chi connectivity index (χ1) is 7.10. The third kappa shape index (κ3) is 1.84. The van der Waals surface area contributed by atoms with E-state index in [2.05, 4.69) is 22.9 Å². The molecule has 1 fully saturated rings. The van der Waals surface area contributed by atoms with Crippen molar-refractivity contribution in [1.29, 1.82) is 0 Å². The van der Waals surface area contributed by atoms with Crippen LogP contribution in [0, 0.1) is 0 Å². The van der Waals surface area contributed by atoms with E-state index in [1.54, 1.807) is 14.2 Å². The van der Waals surface area contributed by atoms with E-state index in [1.165, 1.54) is 0 Å². The molecule has 1 aromatic rings. The molecule has 1 aliphatic rings. The summed E-state index contributed by atoms with van der Waals surface area (Å²) in [6.45, 7) is 2.80. The highest BCUT2D eigenvalue weighted by Gasteiger charge is 2.42. The van der Waals surface area contributed by atoms with Crippen molar-refractivity contribution in [3.05, 3.63) is 22.2 Å². The first-order valence-electron chi connectivity index (χ1n) is 4.66. The molecule has 0 aromatic heterocycles. The zero-order valence-electron chi connectivity index (χ0n) is 8.96. The molecule has 1 heterocycles. The Hall–Kier alpha value is -0.740. The second-order valence-corrected chi connectivity index (χ2v) is 4.51. The van der Waals surface area contributed by atoms with Gasteiger partial charge in [-0.2, -0.15) is 0 Å². The van der Waals surface area contributed by atoms with E-state index in [0.717, 1.165) is 28.1 Å². The van der Waals surface area contributed by atoms with E-state index in [4.69, 9.17) is 14.2 Å². The first kappa shape index (κ1) is 10.8. The summed E-state index contributed by atoms with van der Waals surface area (Å²) >= 11 is 3.43. The summed E-state index contributed by atoms with van der Waals surface area (Å²) in [6.07, 6.45) is 0. The van der Waals surface area contributed by atoms with Gasteiger partial charge in [0.1, 0.15) is 21.6 Å². The van der Waals surface area contributed by atoms with Gasteiger partial charge in [-0.1, -0.05) is 0 Å². The van der Waals surface area contributed by atoms with E-state index in [-0.39, 0.29) is 5.60 Å². The predicted molar refractivity (Wildman–Crippen MR) is 60.6 cm³/mol. The minimum atomic E-state index is -0.165. The quantitative estimate of drug-likeness (QED) is 0.793. The summed E-state index contributed by atoms with van der Waals surface area (Å²) in [5, 5.41) is 0. The van der Waals surface area contributed by atoms with Crippen molar-refractivity contribution in [2.75, 3.05) is 20.8 Å². The molecule has 0 spiro atoms. The molecular formula is C11H13BrO3. The standard InChI is InChI=1S/C11H13BrO3/c1-11(6-15-11)7-4-8(13-2)10(12)9(5-7)14-3/h4-5H,6H2,1-3H3. The van der Waals surface area contributed by atoms with Gasteiger partial charge in [-0.05, 0) is 40.5 Å². The van der Waals surface area contributed by atoms with Gasteiger partial charge in [0.2, 0.25) is 0 Å². The predicted octanol–water partition coefficient (Wildman–Crippen LogP) is 2.71. The number of benzene rings is 1. The summed E-state index contributed by atoms with van der Waals surface area (Å²) in [7, 11) is 3.28. The molecule has 0 aliphatic carbocycles. The number of ether oxygens (including phenoxy) is 3. The Morgan fingerprint density at radius 3 is 2.07 bits per heavy atom. The maximum atomic E-state index is 5.39. The molecule has 4 heteroatoms. The van der Waals surface area contributed by atoms with Crippen LogP contribution >= 0.6 is 15.9 Å². The van der Waals surface area contributed by atoms with Crippen molar-refractivity contribution >= 4 is 15.9 Å². The van der Waals surface area contributed by atoms with Gasteiger partial charge < -0.3 is 14.2 Å². The van der Waals surface area contributed by atoms with E-state index < -0.39 is 0 Å². The van der Waals surface area contributed by atoms with Crippen LogP contribution in [0.5, 0.6) is 11.5 Å². The topological polar surface area (TPSA) is 31.0 Å². The molecule has 0 radical (unpaired) electrons. The van der Waals surface area contributed by atoms with Crippen LogP contribution in [0.3, 0.4) is 0 Å². The molecule has 0 amide bonds. The molecule has 0 N–H and O–H groups in total. The van der Waals surface area contributed by atoms with Crippen LogP contribution in [0.1, 0.15) is 12.5 Å². The van der Waals surface area contributed by atoms with Gasteiger partial charge in [-0.3, -0.25) is 0 Å². The molecular weight excluding hydrogens is 260 g/mol. The Labute approximate surface area is 97.5 Å². The molecule has 1 aliphatic heterocycles. The lowest BCUT2D eigenvalue weighted by Gasteiger charge is -2.13. The van der Waals surface area contributed by atoms with Crippen LogP contribution < -0.4 is 9.47 Å². The molecule has 1 atom stereocenters. The van der Waals surface area contributed by atoms with Crippen LogP contribution in [-0.4, -0.2) is 20.8 Å². The lowest BCUT2D eigenvalue weighted by molar-refractivity contribution is 0.325. The summed E-state index contributed by atoms with van der Waals surface area (Å²) in [5.74, 6) is 1.53. The van der Waals surface area contributed by atoms with Gasteiger partial charge in [0.15, 0.2) is 0 Å². The van der Waals surface area contributed by atoms with E-state index >= 15 is 0 Å². The van der Waals surface area contributed by atoms with E-state index in [0.29, 0.717) is 0 Å². The molecule has 0 bridgehead atoms. The second-order valence-electron chi connectivity index (χ2n) is 3.71. The van der Waals surface area contributed by atoms with Gasteiger partial charge >= 0.3 is 0 Å². The van der Waals surface area contributed by atoms with Crippen LogP contribution in [0.4, 0.5) is 0 Å². The summed E-state index contributed by atoms with van der Waals surface area (Å²) < 4.78 is 16.8. The Morgan fingerprint density at radius 2 is 1.73 bits per heavy atom. The molecule has 2 rings (SSSR count). The van der Waals surface area contributed by atoms with Crippen LogP contribution in [0.2, 0.25) is 0 Å². The van der Waals surface area contributed by atoms with Crippen molar-refractivity contribution in [3.8, 4) is 11.5 Å². The highest BCUT2D eigenvalue weighted by molar-refractivity contribution is 9.10. The Morgan fingerprint density at radius 1 is 1.27 bits per heavy atom. The van der Waals surface area contributed by atoms with Crippen LogP contribution in [0.15, 0.2) is 16.6 Å². The first-order valence-corrected chi connectivity index (χ1v) is 5.46. The molecule has 1 saturated heterocycles. The molecule has 1 unspecified atom stereocenters. The maximum Gasteiger partial charge on any atom is 0.137 e. The fraction of sp³-hybridized carbons (Fsp3) is 0.455. The number of hydrogen-bond donors (Lipinski definition) is 0. The average molecular weight is 273 g/mol.